The Hall–Kier alpha value is -0.570. The van der Waals surface area contributed by atoms with Crippen LogP contribution >= 0.6 is 0 Å². The Morgan fingerprint density at radius 1 is 0.895 bits per heavy atom. The Morgan fingerprint density at radius 3 is 2.00 bits per heavy atom. The minimum Gasteiger partial charge on any atom is -0.370 e. The summed E-state index contributed by atoms with van der Waals surface area (Å²) in [6, 6.07) is 0. The first-order chi connectivity index (χ1) is 9.29. The fraction of sp³-hybridized carbons (Fsp3) is 0.938. The highest BCUT2D eigenvalue weighted by molar-refractivity contribution is 5.73. The van der Waals surface area contributed by atoms with Crippen molar-refractivity contribution in [3.63, 3.8) is 0 Å². The molecule has 1 rings (SSSR count). The summed E-state index contributed by atoms with van der Waals surface area (Å²) in [4.78, 5) is 10.6. The van der Waals surface area contributed by atoms with Gasteiger partial charge in [-0.2, -0.15) is 0 Å². The van der Waals surface area contributed by atoms with Gasteiger partial charge in [0.05, 0.1) is 0 Å². The molecule has 0 bridgehead atoms. The number of nitrogens with one attached hydrogen (secondary N) is 1. The van der Waals surface area contributed by atoms with E-state index in [0.29, 0.717) is 6.42 Å². The molecule has 0 unspecified atom stereocenters. The van der Waals surface area contributed by atoms with Gasteiger partial charge in [-0.3, -0.25) is 4.79 Å². The Labute approximate surface area is 118 Å². The van der Waals surface area contributed by atoms with E-state index in [9.17, 15) is 4.79 Å². The van der Waals surface area contributed by atoms with Gasteiger partial charge in [-0.05, 0) is 38.3 Å². The topological polar surface area (TPSA) is 55.1 Å². The summed E-state index contributed by atoms with van der Waals surface area (Å²) in [7, 11) is 0. The van der Waals surface area contributed by atoms with E-state index < -0.39 is 0 Å². The quantitative estimate of drug-likeness (QED) is 0.564. The van der Waals surface area contributed by atoms with Crippen molar-refractivity contribution in [2.24, 2.45) is 11.7 Å². The molecule has 0 aliphatic carbocycles. The maximum absolute atomic E-state index is 10.6. The fourth-order valence-electron chi connectivity index (χ4n) is 2.96. The number of hydrogen-bond acceptors (Lipinski definition) is 2. The fourth-order valence-corrected chi connectivity index (χ4v) is 2.96. The van der Waals surface area contributed by atoms with Crippen LogP contribution in [0.15, 0.2) is 0 Å². The Balaban J connectivity index is 1.74. The molecular formula is C16H32N2O. The number of unbranched alkanes of at least 4 members (excludes halogenated alkanes) is 7. The molecule has 0 spiro atoms. The van der Waals surface area contributed by atoms with E-state index in [1.54, 1.807) is 0 Å². The van der Waals surface area contributed by atoms with Gasteiger partial charge in [0.15, 0.2) is 0 Å². The molecule has 1 aliphatic rings. The lowest BCUT2D eigenvalue weighted by atomic mass is 9.92. The molecule has 1 fully saturated rings. The van der Waals surface area contributed by atoms with Crippen molar-refractivity contribution in [1.29, 1.82) is 0 Å². The average molecular weight is 268 g/mol. The number of rotatable bonds is 11. The number of hydrogen-bond donors (Lipinski definition) is 2. The Morgan fingerprint density at radius 2 is 1.42 bits per heavy atom. The van der Waals surface area contributed by atoms with Gasteiger partial charge < -0.3 is 11.1 Å². The first-order valence-electron chi connectivity index (χ1n) is 8.28. The first-order valence-corrected chi connectivity index (χ1v) is 8.28. The second-order valence-electron chi connectivity index (χ2n) is 6.03. The zero-order valence-corrected chi connectivity index (χ0v) is 12.5. The highest BCUT2D eigenvalue weighted by Gasteiger charge is 2.11. The summed E-state index contributed by atoms with van der Waals surface area (Å²) in [6.07, 6.45) is 15.1. The van der Waals surface area contributed by atoms with Crippen LogP contribution in [0.1, 0.15) is 77.0 Å². The van der Waals surface area contributed by atoms with Crippen LogP contribution < -0.4 is 11.1 Å². The molecule has 1 heterocycles. The smallest absolute Gasteiger partial charge is 0.217 e. The second-order valence-corrected chi connectivity index (χ2v) is 6.03. The van der Waals surface area contributed by atoms with Crippen LogP contribution in [0.5, 0.6) is 0 Å². The molecule has 1 saturated heterocycles. The van der Waals surface area contributed by atoms with Crippen LogP contribution in [0.4, 0.5) is 0 Å². The zero-order valence-electron chi connectivity index (χ0n) is 12.5. The lowest BCUT2D eigenvalue weighted by Crippen LogP contribution is -2.27. The van der Waals surface area contributed by atoms with Crippen LogP contribution in [-0.2, 0) is 4.79 Å². The van der Waals surface area contributed by atoms with Crippen molar-refractivity contribution in [2.45, 2.75) is 77.0 Å². The van der Waals surface area contributed by atoms with Crippen LogP contribution in [0, 0.1) is 5.92 Å². The van der Waals surface area contributed by atoms with Gasteiger partial charge in [-0.1, -0.05) is 51.4 Å². The van der Waals surface area contributed by atoms with Crippen molar-refractivity contribution in [3.05, 3.63) is 0 Å². The molecule has 0 saturated carbocycles. The van der Waals surface area contributed by atoms with Gasteiger partial charge in [0.1, 0.15) is 0 Å². The first kappa shape index (κ1) is 16.5. The lowest BCUT2D eigenvalue weighted by Gasteiger charge is -2.22. The number of amides is 1. The van der Waals surface area contributed by atoms with E-state index in [2.05, 4.69) is 5.32 Å². The molecule has 3 heteroatoms. The van der Waals surface area contributed by atoms with Crippen LogP contribution in [0.3, 0.4) is 0 Å². The molecule has 19 heavy (non-hydrogen) atoms. The molecular weight excluding hydrogens is 236 g/mol. The molecule has 0 aromatic carbocycles. The molecule has 0 aromatic heterocycles. The van der Waals surface area contributed by atoms with E-state index >= 15 is 0 Å². The van der Waals surface area contributed by atoms with Crippen LogP contribution in [0.2, 0.25) is 0 Å². The minimum atomic E-state index is -0.155. The number of piperidine rings is 1. The molecule has 0 radical (unpaired) electrons. The third-order valence-corrected chi connectivity index (χ3v) is 4.24. The second kappa shape index (κ2) is 11.3. The van der Waals surface area contributed by atoms with E-state index in [1.165, 1.54) is 70.9 Å². The Bertz CT molecular complexity index is 225. The summed E-state index contributed by atoms with van der Waals surface area (Å²) >= 11 is 0. The summed E-state index contributed by atoms with van der Waals surface area (Å²) in [5, 5.41) is 3.43. The van der Waals surface area contributed by atoms with E-state index in [0.717, 1.165) is 18.8 Å². The van der Waals surface area contributed by atoms with Crippen LogP contribution in [0.25, 0.3) is 0 Å². The molecule has 3 N–H and O–H groups in total. The van der Waals surface area contributed by atoms with Crippen molar-refractivity contribution >= 4 is 5.91 Å². The SMILES string of the molecule is NC(=O)CCCCCCCCCCC1CCNCC1. The van der Waals surface area contributed by atoms with Gasteiger partial charge in [-0.15, -0.1) is 0 Å². The summed E-state index contributed by atoms with van der Waals surface area (Å²) in [5.41, 5.74) is 5.11. The zero-order chi connectivity index (χ0) is 13.8. The van der Waals surface area contributed by atoms with Gasteiger partial charge in [0.25, 0.3) is 0 Å². The van der Waals surface area contributed by atoms with Crippen molar-refractivity contribution in [1.82, 2.24) is 5.32 Å². The Kier molecular flexibility index (Phi) is 9.78. The third-order valence-electron chi connectivity index (χ3n) is 4.24. The third kappa shape index (κ3) is 9.94. The maximum atomic E-state index is 10.6. The van der Waals surface area contributed by atoms with Crippen molar-refractivity contribution < 1.29 is 4.79 Å². The normalized spacial score (nSPS) is 16.6. The lowest BCUT2D eigenvalue weighted by molar-refractivity contribution is -0.118. The van der Waals surface area contributed by atoms with Crippen molar-refractivity contribution in [2.75, 3.05) is 13.1 Å². The number of carbonyl (C=O) groups is 1. The number of primary amides is 1. The van der Waals surface area contributed by atoms with E-state index in [-0.39, 0.29) is 5.91 Å². The predicted molar refractivity (Wildman–Crippen MR) is 81.0 cm³/mol. The van der Waals surface area contributed by atoms with Crippen molar-refractivity contribution in [3.8, 4) is 0 Å². The maximum Gasteiger partial charge on any atom is 0.217 e. The molecule has 3 nitrogen and oxygen atoms in total. The van der Waals surface area contributed by atoms with Gasteiger partial charge in [0, 0.05) is 6.42 Å². The molecule has 0 aromatic rings. The minimum absolute atomic E-state index is 0.155. The van der Waals surface area contributed by atoms with E-state index in [1.807, 2.05) is 0 Å². The standard InChI is InChI=1S/C16H32N2O/c17-16(19)10-8-6-4-2-1-3-5-7-9-15-11-13-18-14-12-15/h15,18H,1-14H2,(H2,17,19). The predicted octanol–water partition coefficient (Wildman–Crippen LogP) is 3.37. The summed E-state index contributed by atoms with van der Waals surface area (Å²) < 4.78 is 0. The van der Waals surface area contributed by atoms with Gasteiger partial charge in [0.2, 0.25) is 5.91 Å². The summed E-state index contributed by atoms with van der Waals surface area (Å²) in [5.74, 6) is 0.841. The molecule has 112 valence electrons. The molecule has 1 amide bonds. The summed E-state index contributed by atoms with van der Waals surface area (Å²) in [6.45, 7) is 2.46. The number of nitrogens with two attached hydrogens (primary N) is 1. The van der Waals surface area contributed by atoms with Crippen LogP contribution in [-0.4, -0.2) is 19.0 Å². The molecule has 0 atom stereocenters. The monoisotopic (exact) mass is 268 g/mol. The van der Waals surface area contributed by atoms with Gasteiger partial charge in [-0.25, -0.2) is 0 Å². The largest absolute Gasteiger partial charge is 0.370 e. The van der Waals surface area contributed by atoms with Gasteiger partial charge >= 0.3 is 0 Å². The molecule has 1 aliphatic heterocycles. The highest BCUT2D eigenvalue weighted by Crippen LogP contribution is 2.20. The number of carbonyl (C=O) groups excluding carboxylic acids is 1. The van der Waals surface area contributed by atoms with E-state index in [4.69, 9.17) is 5.73 Å². The average Bonchev–Trinajstić information content (AvgIpc) is 2.42. The highest BCUT2D eigenvalue weighted by atomic mass is 16.1.